The third kappa shape index (κ3) is 4.22. The molecule has 1 aliphatic rings. The molecule has 1 N–H and O–H groups in total. The maximum atomic E-state index is 12.9. The monoisotopic (exact) mass is 414 g/mol. The molecule has 0 radical (unpaired) electrons. The molecule has 29 heavy (non-hydrogen) atoms. The van der Waals surface area contributed by atoms with Gasteiger partial charge in [-0.15, -0.1) is 0 Å². The summed E-state index contributed by atoms with van der Waals surface area (Å²) < 4.78 is 11.2. The number of imide groups is 1. The number of ether oxygens (including phenoxy) is 2. The first-order valence-corrected chi connectivity index (χ1v) is 9.90. The number of carbonyl (C=O) groups excluding carboxylic acids is 2. The summed E-state index contributed by atoms with van der Waals surface area (Å²) in [4.78, 5) is 27.0. The van der Waals surface area contributed by atoms with Gasteiger partial charge in [-0.3, -0.25) is 14.5 Å². The summed E-state index contributed by atoms with van der Waals surface area (Å²) in [6, 6.07) is 12.2. The molecular weight excluding hydrogens is 392 g/mol. The molecule has 0 aromatic heterocycles. The van der Waals surface area contributed by atoms with Crippen molar-refractivity contribution in [1.29, 1.82) is 0 Å². The van der Waals surface area contributed by atoms with E-state index >= 15 is 0 Å². The van der Waals surface area contributed by atoms with E-state index in [1.807, 2.05) is 13.8 Å². The Morgan fingerprint density at radius 3 is 2.17 bits per heavy atom. The highest BCUT2D eigenvalue weighted by Crippen LogP contribution is 2.34. The third-order valence-corrected chi connectivity index (χ3v) is 4.68. The molecule has 0 bridgehead atoms. The van der Waals surface area contributed by atoms with Crippen LogP contribution in [0.5, 0.6) is 11.5 Å². The molecule has 0 spiro atoms. The van der Waals surface area contributed by atoms with E-state index in [0.717, 1.165) is 0 Å². The summed E-state index contributed by atoms with van der Waals surface area (Å²) in [7, 11) is 0. The summed E-state index contributed by atoms with van der Waals surface area (Å²) in [6.45, 7) is 6.82. The van der Waals surface area contributed by atoms with E-state index in [1.165, 1.54) is 4.90 Å². The van der Waals surface area contributed by atoms with Gasteiger partial charge in [0.05, 0.1) is 18.8 Å². The molecule has 0 saturated carbocycles. The van der Waals surface area contributed by atoms with E-state index < -0.39 is 0 Å². The quantitative estimate of drug-likeness (QED) is 0.650. The number of hydrogen-bond donors (Lipinski definition) is 1. The van der Waals surface area contributed by atoms with Crippen molar-refractivity contribution < 1.29 is 19.1 Å². The topological polar surface area (TPSA) is 67.9 Å². The summed E-state index contributed by atoms with van der Waals surface area (Å²) >= 11 is 5.97. The van der Waals surface area contributed by atoms with Crippen LogP contribution in [0.4, 0.5) is 5.69 Å². The minimum absolute atomic E-state index is 0.228. The standard InChI is InChI=1S/C22H23ClN2O4/c1-4-25-21(26)19(14-7-9-15(23)10-8-14)20(22(25)27)24-16-11-12-17(28-5-2)18(13-16)29-6-3/h7-13,24H,4-6H2,1-3H3. The highest BCUT2D eigenvalue weighted by atomic mass is 35.5. The minimum atomic E-state index is -0.366. The number of likely N-dealkylation sites (N-methyl/N-ethyl adjacent to an activating group) is 1. The van der Waals surface area contributed by atoms with E-state index in [9.17, 15) is 9.59 Å². The normalized spacial score (nSPS) is 13.9. The summed E-state index contributed by atoms with van der Waals surface area (Å²) in [5, 5.41) is 3.67. The maximum Gasteiger partial charge on any atom is 0.278 e. The average molecular weight is 415 g/mol. The molecule has 0 aliphatic carbocycles. The molecule has 3 rings (SSSR count). The number of rotatable bonds is 8. The zero-order valence-corrected chi connectivity index (χ0v) is 17.4. The predicted molar refractivity (Wildman–Crippen MR) is 113 cm³/mol. The first kappa shape index (κ1) is 20.7. The Morgan fingerprint density at radius 2 is 1.55 bits per heavy atom. The molecule has 1 heterocycles. The van der Waals surface area contributed by atoms with E-state index in [2.05, 4.69) is 5.32 Å². The fourth-order valence-corrected chi connectivity index (χ4v) is 3.26. The van der Waals surface area contributed by atoms with Gasteiger partial charge in [-0.25, -0.2) is 0 Å². The Morgan fingerprint density at radius 1 is 0.897 bits per heavy atom. The van der Waals surface area contributed by atoms with Crippen LogP contribution in [0.3, 0.4) is 0 Å². The lowest BCUT2D eigenvalue weighted by Gasteiger charge is -2.14. The summed E-state index contributed by atoms with van der Waals surface area (Å²) in [6.07, 6.45) is 0. The lowest BCUT2D eigenvalue weighted by Crippen LogP contribution is -2.32. The molecular formula is C22H23ClN2O4. The van der Waals surface area contributed by atoms with Gasteiger partial charge in [0.1, 0.15) is 5.70 Å². The molecule has 1 aliphatic heterocycles. The maximum absolute atomic E-state index is 12.9. The number of benzene rings is 2. The van der Waals surface area contributed by atoms with Gasteiger partial charge in [0.25, 0.3) is 11.8 Å². The highest BCUT2D eigenvalue weighted by Gasteiger charge is 2.38. The summed E-state index contributed by atoms with van der Waals surface area (Å²) in [5.41, 5.74) is 1.80. The van der Waals surface area contributed by atoms with Crippen LogP contribution in [-0.4, -0.2) is 36.5 Å². The predicted octanol–water partition coefficient (Wildman–Crippen LogP) is 4.35. The Kier molecular flexibility index (Phi) is 6.44. The van der Waals surface area contributed by atoms with E-state index in [1.54, 1.807) is 49.4 Å². The molecule has 2 aromatic carbocycles. The van der Waals surface area contributed by atoms with Crippen LogP contribution in [-0.2, 0) is 9.59 Å². The zero-order chi connectivity index (χ0) is 21.0. The number of carbonyl (C=O) groups is 2. The third-order valence-electron chi connectivity index (χ3n) is 4.43. The van der Waals surface area contributed by atoms with E-state index in [0.29, 0.717) is 46.6 Å². The average Bonchev–Trinajstić information content (AvgIpc) is 2.94. The number of hydrogen-bond acceptors (Lipinski definition) is 5. The minimum Gasteiger partial charge on any atom is -0.490 e. The van der Waals surface area contributed by atoms with Crippen molar-refractivity contribution in [2.45, 2.75) is 20.8 Å². The van der Waals surface area contributed by atoms with Crippen LogP contribution in [0, 0.1) is 0 Å². The van der Waals surface area contributed by atoms with Crippen LogP contribution < -0.4 is 14.8 Å². The van der Waals surface area contributed by atoms with E-state index in [-0.39, 0.29) is 24.1 Å². The molecule has 0 fully saturated rings. The fourth-order valence-electron chi connectivity index (χ4n) is 3.14. The molecule has 152 valence electrons. The SMILES string of the molecule is CCOc1ccc(NC2=C(c3ccc(Cl)cc3)C(=O)N(CC)C2=O)cc1OCC. The molecule has 7 heteroatoms. The van der Waals surface area contributed by atoms with Gasteiger partial charge >= 0.3 is 0 Å². The van der Waals surface area contributed by atoms with Crippen LogP contribution in [0.1, 0.15) is 26.3 Å². The second-order valence-electron chi connectivity index (χ2n) is 6.26. The molecule has 0 atom stereocenters. The van der Waals surface area contributed by atoms with Gasteiger partial charge in [0, 0.05) is 23.3 Å². The van der Waals surface area contributed by atoms with Crippen LogP contribution in [0.25, 0.3) is 5.57 Å². The Labute approximate surface area is 175 Å². The largest absolute Gasteiger partial charge is 0.490 e. The Hall–Kier alpha value is -2.99. The fraction of sp³-hybridized carbons (Fsp3) is 0.273. The van der Waals surface area contributed by atoms with Gasteiger partial charge in [0.15, 0.2) is 11.5 Å². The van der Waals surface area contributed by atoms with Crippen LogP contribution in [0.2, 0.25) is 5.02 Å². The first-order valence-electron chi connectivity index (χ1n) is 9.53. The van der Waals surface area contributed by atoms with Gasteiger partial charge < -0.3 is 14.8 Å². The number of anilines is 1. The second kappa shape index (κ2) is 9.01. The number of amides is 2. The number of nitrogens with zero attached hydrogens (tertiary/aromatic N) is 1. The molecule has 2 aromatic rings. The lowest BCUT2D eigenvalue weighted by atomic mass is 10.0. The van der Waals surface area contributed by atoms with Crippen LogP contribution >= 0.6 is 11.6 Å². The van der Waals surface area contributed by atoms with E-state index in [4.69, 9.17) is 21.1 Å². The van der Waals surface area contributed by atoms with Gasteiger partial charge in [0.2, 0.25) is 0 Å². The van der Waals surface area contributed by atoms with Gasteiger partial charge in [-0.05, 0) is 50.6 Å². The highest BCUT2D eigenvalue weighted by molar-refractivity contribution is 6.36. The summed E-state index contributed by atoms with van der Waals surface area (Å²) in [5.74, 6) is 0.487. The molecule has 2 amide bonds. The molecule has 0 saturated heterocycles. The smallest absolute Gasteiger partial charge is 0.278 e. The molecule has 0 unspecified atom stereocenters. The lowest BCUT2D eigenvalue weighted by molar-refractivity contribution is -0.136. The zero-order valence-electron chi connectivity index (χ0n) is 16.6. The van der Waals surface area contributed by atoms with Crippen molar-refractivity contribution in [3.63, 3.8) is 0 Å². The van der Waals surface area contributed by atoms with Gasteiger partial charge in [-0.1, -0.05) is 23.7 Å². The first-order chi connectivity index (χ1) is 14.0. The number of halogens is 1. The molecule has 6 nitrogen and oxygen atoms in total. The Balaban J connectivity index is 2.03. The second-order valence-corrected chi connectivity index (χ2v) is 6.70. The van der Waals surface area contributed by atoms with Crippen LogP contribution in [0.15, 0.2) is 48.2 Å². The van der Waals surface area contributed by atoms with Gasteiger partial charge in [-0.2, -0.15) is 0 Å². The van der Waals surface area contributed by atoms with Crippen molar-refractivity contribution in [2.24, 2.45) is 0 Å². The van der Waals surface area contributed by atoms with Crippen molar-refractivity contribution in [2.75, 3.05) is 25.1 Å². The van der Waals surface area contributed by atoms with Crippen molar-refractivity contribution >= 4 is 34.7 Å². The number of nitrogens with one attached hydrogen (secondary N) is 1. The van der Waals surface area contributed by atoms with Crippen molar-refractivity contribution in [3.05, 3.63) is 58.7 Å². The van der Waals surface area contributed by atoms with Crippen molar-refractivity contribution in [3.8, 4) is 11.5 Å². The Bertz CT molecular complexity index is 954. The van der Waals surface area contributed by atoms with Crippen molar-refractivity contribution in [1.82, 2.24) is 4.90 Å².